The summed E-state index contributed by atoms with van der Waals surface area (Å²) < 4.78 is 309. The van der Waals surface area contributed by atoms with Gasteiger partial charge in [-0.1, -0.05) is 24.3 Å². The van der Waals surface area contributed by atoms with Crippen molar-refractivity contribution < 1.29 is 97.4 Å². The topological polar surface area (TPSA) is 27.7 Å². The highest BCUT2D eigenvalue weighted by Crippen LogP contribution is 2.59. The quantitative estimate of drug-likeness (QED) is 0.0415. The molecule has 66 heavy (non-hydrogen) atoms. The van der Waals surface area contributed by atoms with Gasteiger partial charge in [-0.3, -0.25) is 0 Å². The van der Waals surface area contributed by atoms with Gasteiger partial charge >= 0.3 is 13.2 Å². The molecule has 23 heteroatoms. The third-order valence-corrected chi connectivity index (χ3v) is 11.0. The van der Waals surface area contributed by atoms with E-state index in [4.69, 9.17) is 14.0 Å². The Morgan fingerprint density at radius 2 is 0.818 bits per heavy atom. The normalized spacial score (nSPS) is 13.2. The summed E-state index contributed by atoms with van der Waals surface area (Å²) in [7, 11) is -3.73. The molecule has 10 rings (SSSR count). The monoisotopic (exact) mass is 944 g/mol. The number of benzene rings is 9. The van der Waals surface area contributed by atoms with Crippen LogP contribution >= 0.6 is 0 Å². The van der Waals surface area contributed by atoms with Crippen LogP contribution in [0, 0.1) is 98.9 Å². The fourth-order valence-electron chi connectivity index (χ4n) is 8.26. The van der Waals surface area contributed by atoms with Gasteiger partial charge in [0.25, 0.3) is 0 Å². The molecule has 0 amide bonds. The molecule has 9 aromatic rings. The molecule has 0 bridgehead atoms. The van der Waals surface area contributed by atoms with Crippen LogP contribution in [0.2, 0.25) is 0 Å². The Bertz CT molecular complexity index is 3710. The zero-order valence-electron chi connectivity index (χ0n) is 31.1. The van der Waals surface area contributed by atoms with Crippen molar-refractivity contribution in [1.29, 1.82) is 0 Å². The molecule has 0 saturated carbocycles. The van der Waals surface area contributed by atoms with Gasteiger partial charge in [-0.15, -0.1) is 0 Å². The minimum Gasteiger partial charge on any atom is -0.486 e. The first-order chi connectivity index (χ1) is 31.1. The lowest BCUT2D eigenvalue weighted by molar-refractivity contribution is 0.0401. The lowest BCUT2D eigenvalue weighted by atomic mass is 9.92. The van der Waals surface area contributed by atoms with Gasteiger partial charge in [0.15, 0.2) is 87.1 Å². The minimum absolute atomic E-state index is 0.210. The van der Waals surface area contributed by atoms with Crippen LogP contribution in [0.4, 0.5) is 83.4 Å². The van der Waals surface area contributed by atoms with Crippen LogP contribution < -0.4 is 14.0 Å². The number of rotatable bonds is 6. The molecule has 0 N–H and O–H groups in total. The maximum Gasteiger partial charge on any atom is 0.864 e. The van der Waals surface area contributed by atoms with Gasteiger partial charge in [-0.2, -0.15) is 22.0 Å². The summed E-state index contributed by atoms with van der Waals surface area (Å²) >= 11 is 0. The molecule has 1 aliphatic carbocycles. The van der Waals surface area contributed by atoms with Gasteiger partial charge in [-0.05, 0) is 35.0 Å². The molecule has 9 aromatic carbocycles. The molecule has 0 saturated heterocycles. The Morgan fingerprint density at radius 3 is 1.50 bits per heavy atom. The van der Waals surface area contributed by atoms with Crippen LogP contribution in [0.3, 0.4) is 0 Å². The number of hydrogen-bond acceptors (Lipinski definition) is 3. The van der Waals surface area contributed by atoms with Gasteiger partial charge in [0.2, 0.25) is 11.6 Å². The largest absolute Gasteiger partial charge is 0.864 e. The second kappa shape index (κ2) is 14.1. The predicted octanol–water partition coefficient (Wildman–Crippen LogP) is 13.9. The summed E-state index contributed by atoms with van der Waals surface area (Å²) in [6, 6.07) is 6.19. The molecule has 0 atom stereocenters. The van der Waals surface area contributed by atoms with Crippen molar-refractivity contribution in [3.63, 3.8) is 0 Å². The van der Waals surface area contributed by atoms with Gasteiger partial charge in [-0.25, -0.2) is 61.5 Å². The minimum atomic E-state index is -5.54. The molecule has 334 valence electrons. The Labute approximate surface area is 351 Å². The molecular weight excluding hydrogens is 936 g/mol. The van der Waals surface area contributed by atoms with E-state index in [0.29, 0.717) is 24.3 Å². The molecule has 3 nitrogen and oxygen atoms in total. The summed E-state index contributed by atoms with van der Waals surface area (Å²) in [6.45, 7) is 0. The van der Waals surface area contributed by atoms with E-state index < -0.39 is 200 Å². The molecule has 0 spiro atoms. The van der Waals surface area contributed by atoms with E-state index in [1.54, 1.807) is 0 Å². The molecule has 0 unspecified atom stereocenters. The van der Waals surface area contributed by atoms with E-state index in [1.807, 2.05) is 0 Å². The van der Waals surface area contributed by atoms with E-state index in [0.717, 1.165) is 24.3 Å². The molecule has 0 heterocycles. The van der Waals surface area contributed by atoms with E-state index in [1.165, 1.54) is 0 Å². The SMILES string of the molecule is Fc1c(F)c(F)c2c(c1F)-c1c(F)c(F)c(F)c(OB(Oc3c(F)c(F)c(F)c4c(F)c5c(F)cccc5cc34)Oc3c(F)c(F)c4c(F)c(F)c5c(F)ccc6ccc3c4c65)c1C2(F)F. The first kappa shape index (κ1) is 42.6. The zero-order chi connectivity index (χ0) is 47.5. The number of fused-ring (bicyclic) bond motifs is 5. The second-order valence-electron chi connectivity index (χ2n) is 14.4. The van der Waals surface area contributed by atoms with Crippen LogP contribution in [0.5, 0.6) is 17.2 Å². The third kappa shape index (κ3) is 5.38. The molecular formula is C43H8BF19O3. The fraction of sp³-hybridized carbons (Fsp3) is 0.0233. The highest BCUT2D eigenvalue weighted by atomic mass is 19.3. The molecule has 0 fully saturated rings. The Kier molecular flexibility index (Phi) is 9.10. The highest BCUT2D eigenvalue weighted by Gasteiger charge is 2.56. The van der Waals surface area contributed by atoms with E-state index in [9.17, 15) is 13.2 Å². The molecule has 0 radical (unpaired) electrons. The van der Waals surface area contributed by atoms with E-state index in [2.05, 4.69) is 0 Å². The first-order valence-corrected chi connectivity index (χ1v) is 18.1. The molecule has 0 aliphatic heterocycles. The van der Waals surface area contributed by atoms with Crippen LogP contribution in [0.25, 0.3) is 65.0 Å². The Hall–Kier alpha value is -7.33. The summed E-state index contributed by atoms with van der Waals surface area (Å²) in [5.74, 6) is -53.9. The van der Waals surface area contributed by atoms with Crippen LogP contribution in [0.1, 0.15) is 11.1 Å². The van der Waals surface area contributed by atoms with Gasteiger partial charge in [0.1, 0.15) is 17.5 Å². The van der Waals surface area contributed by atoms with E-state index in [-0.39, 0.29) is 5.39 Å². The third-order valence-electron chi connectivity index (χ3n) is 11.0. The summed E-state index contributed by atoms with van der Waals surface area (Å²) in [6.07, 6.45) is 0. The van der Waals surface area contributed by atoms with Crippen molar-refractivity contribution in [3.05, 3.63) is 159 Å². The Morgan fingerprint density at radius 1 is 0.333 bits per heavy atom. The zero-order valence-corrected chi connectivity index (χ0v) is 31.1. The Balaban J connectivity index is 1.27. The van der Waals surface area contributed by atoms with Crippen LogP contribution in [-0.4, -0.2) is 7.32 Å². The second-order valence-corrected chi connectivity index (χ2v) is 14.4. The van der Waals surface area contributed by atoms with Gasteiger partial charge < -0.3 is 14.0 Å². The average molecular weight is 944 g/mol. The maximum atomic E-state index is 16.3. The summed E-state index contributed by atoms with van der Waals surface area (Å²) in [5.41, 5.74) is -9.71. The highest BCUT2D eigenvalue weighted by molar-refractivity contribution is 6.40. The van der Waals surface area contributed by atoms with Crippen molar-refractivity contribution in [2.75, 3.05) is 0 Å². The van der Waals surface area contributed by atoms with Crippen molar-refractivity contribution in [2.24, 2.45) is 0 Å². The lowest BCUT2D eigenvalue weighted by Crippen LogP contribution is -2.39. The van der Waals surface area contributed by atoms with Crippen molar-refractivity contribution in [1.82, 2.24) is 0 Å². The van der Waals surface area contributed by atoms with Crippen molar-refractivity contribution in [3.8, 4) is 28.4 Å². The van der Waals surface area contributed by atoms with Crippen LogP contribution in [0.15, 0.2) is 48.5 Å². The van der Waals surface area contributed by atoms with Gasteiger partial charge in [0.05, 0.1) is 32.7 Å². The summed E-state index contributed by atoms with van der Waals surface area (Å²) in [5, 5.41) is -10.3. The number of halogens is 19. The fourth-order valence-corrected chi connectivity index (χ4v) is 8.26. The van der Waals surface area contributed by atoms with E-state index >= 15 is 70.2 Å². The standard InChI is InChI=1S/C43H8BF19O3/c45-13-3-1-2-10-8-12-18(25(47)15(10)13)26(48)34(56)38(60)41(12)65-44(64-40-11-6-4-9-5-7-14(46)19-16(9)17(11)22(30(52)27(19)49)31(53)37(40)59)66-42-24-21(29(51)35(57)39(42)61)20-23(43(24,62)63)32(54)36(58)33(55)28(20)50/h1-8H. The number of alkyl halides is 2. The number of hydrogen-bond donors (Lipinski definition) is 0. The van der Waals surface area contributed by atoms with Gasteiger partial charge in [0, 0.05) is 32.7 Å². The predicted molar refractivity (Wildman–Crippen MR) is 193 cm³/mol. The lowest BCUT2D eigenvalue weighted by Gasteiger charge is -2.24. The molecule has 1 aliphatic rings. The van der Waals surface area contributed by atoms with Crippen molar-refractivity contribution in [2.45, 2.75) is 5.92 Å². The van der Waals surface area contributed by atoms with Crippen LogP contribution in [-0.2, 0) is 5.92 Å². The molecule has 0 aromatic heterocycles. The maximum absolute atomic E-state index is 16.3. The average Bonchev–Trinajstić information content (AvgIpc) is 3.53. The first-order valence-electron chi connectivity index (χ1n) is 18.1. The van der Waals surface area contributed by atoms with Crippen molar-refractivity contribution >= 4 is 61.2 Å². The smallest absolute Gasteiger partial charge is 0.486 e. The summed E-state index contributed by atoms with van der Waals surface area (Å²) in [4.78, 5) is 0.